The number of aromatic nitrogens is 1. The van der Waals surface area contributed by atoms with Gasteiger partial charge in [-0.3, -0.25) is 9.59 Å². The van der Waals surface area contributed by atoms with Crippen molar-refractivity contribution in [2.45, 2.75) is 12.7 Å². The summed E-state index contributed by atoms with van der Waals surface area (Å²) in [6, 6.07) is 7.92. The van der Waals surface area contributed by atoms with Crippen LogP contribution in [0, 0.1) is 0 Å². The van der Waals surface area contributed by atoms with Crippen LogP contribution in [0.15, 0.2) is 47.4 Å². The summed E-state index contributed by atoms with van der Waals surface area (Å²) in [7, 11) is 1.46. The fraction of sp³-hybridized carbons (Fsp3) is 0.200. The smallest absolute Gasteiger partial charge is 0.417 e. The standard InChI is InChI=1S/C15H13F3N2O3/c1-23-12-4-2-3-11(7-12)19-13(21)9-20-8-10(15(16,17)18)5-6-14(20)22/h2-8H,9H2,1H3,(H,19,21). The highest BCUT2D eigenvalue weighted by atomic mass is 19.4. The molecule has 0 aliphatic carbocycles. The molecule has 0 saturated carbocycles. The normalized spacial score (nSPS) is 11.1. The van der Waals surface area contributed by atoms with Crippen LogP contribution >= 0.6 is 0 Å². The second-order valence-electron chi connectivity index (χ2n) is 4.66. The van der Waals surface area contributed by atoms with Gasteiger partial charge in [0.15, 0.2) is 0 Å². The lowest BCUT2D eigenvalue weighted by Crippen LogP contribution is -2.28. The molecule has 0 fully saturated rings. The lowest BCUT2D eigenvalue weighted by atomic mass is 10.2. The van der Waals surface area contributed by atoms with E-state index in [0.29, 0.717) is 28.3 Å². The van der Waals surface area contributed by atoms with Crippen molar-refractivity contribution in [2.24, 2.45) is 0 Å². The third-order valence-electron chi connectivity index (χ3n) is 2.98. The average Bonchev–Trinajstić information content (AvgIpc) is 2.48. The number of nitrogens with one attached hydrogen (secondary N) is 1. The van der Waals surface area contributed by atoms with Gasteiger partial charge in [-0.2, -0.15) is 13.2 Å². The molecular weight excluding hydrogens is 313 g/mol. The van der Waals surface area contributed by atoms with Crippen LogP contribution < -0.4 is 15.6 Å². The Morgan fingerprint density at radius 2 is 2.00 bits per heavy atom. The Balaban J connectivity index is 2.15. The second kappa shape index (κ2) is 6.55. The number of carbonyl (C=O) groups excluding carboxylic acids is 1. The van der Waals surface area contributed by atoms with E-state index in [2.05, 4.69) is 5.32 Å². The number of ether oxygens (including phenoxy) is 1. The predicted octanol–water partition coefficient (Wildman–Crippen LogP) is 2.51. The van der Waals surface area contributed by atoms with Crippen LogP contribution in [0.1, 0.15) is 5.56 Å². The Hall–Kier alpha value is -2.77. The maximum Gasteiger partial charge on any atom is 0.417 e. The maximum atomic E-state index is 12.6. The van der Waals surface area contributed by atoms with Crippen LogP contribution in [0.2, 0.25) is 0 Å². The molecular formula is C15H13F3N2O3. The topological polar surface area (TPSA) is 60.3 Å². The van der Waals surface area contributed by atoms with Gasteiger partial charge in [0.1, 0.15) is 12.3 Å². The van der Waals surface area contributed by atoms with Gasteiger partial charge in [-0.1, -0.05) is 6.07 Å². The molecule has 0 aliphatic heterocycles. The van der Waals surface area contributed by atoms with Gasteiger partial charge in [0.2, 0.25) is 5.91 Å². The summed E-state index contributed by atoms with van der Waals surface area (Å²) in [5.74, 6) is -0.112. The predicted molar refractivity (Wildman–Crippen MR) is 77.3 cm³/mol. The first kappa shape index (κ1) is 16.6. The summed E-state index contributed by atoms with van der Waals surface area (Å²) in [4.78, 5) is 23.5. The van der Waals surface area contributed by atoms with Crippen molar-refractivity contribution in [1.82, 2.24) is 4.57 Å². The molecule has 0 unspecified atom stereocenters. The van der Waals surface area contributed by atoms with Crippen molar-refractivity contribution < 1.29 is 22.7 Å². The van der Waals surface area contributed by atoms with Gasteiger partial charge in [0, 0.05) is 24.0 Å². The van der Waals surface area contributed by atoms with E-state index < -0.39 is 29.8 Å². The molecule has 5 nitrogen and oxygen atoms in total. The van der Waals surface area contributed by atoms with Crippen molar-refractivity contribution in [3.8, 4) is 5.75 Å². The van der Waals surface area contributed by atoms with Crippen molar-refractivity contribution >= 4 is 11.6 Å². The number of hydrogen-bond acceptors (Lipinski definition) is 3. The first-order valence-electron chi connectivity index (χ1n) is 6.51. The quantitative estimate of drug-likeness (QED) is 0.939. The number of nitrogens with zero attached hydrogens (tertiary/aromatic N) is 1. The van der Waals surface area contributed by atoms with E-state index in [1.807, 2.05) is 0 Å². The van der Waals surface area contributed by atoms with Crippen LogP contribution in [0.25, 0.3) is 0 Å². The zero-order valence-corrected chi connectivity index (χ0v) is 12.1. The number of benzene rings is 1. The average molecular weight is 326 g/mol. The summed E-state index contributed by atoms with van der Waals surface area (Å²) >= 11 is 0. The van der Waals surface area contributed by atoms with E-state index in [9.17, 15) is 22.8 Å². The van der Waals surface area contributed by atoms with Crippen LogP contribution in [0.4, 0.5) is 18.9 Å². The van der Waals surface area contributed by atoms with E-state index in [1.165, 1.54) is 7.11 Å². The number of methoxy groups -OCH3 is 1. The van der Waals surface area contributed by atoms with Crippen LogP contribution in [-0.4, -0.2) is 17.6 Å². The fourth-order valence-electron chi connectivity index (χ4n) is 1.88. The molecule has 0 spiro atoms. The van der Waals surface area contributed by atoms with Gasteiger partial charge < -0.3 is 14.6 Å². The summed E-state index contributed by atoms with van der Waals surface area (Å²) in [6.07, 6.45) is -3.97. The summed E-state index contributed by atoms with van der Waals surface area (Å²) in [6.45, 7) is -0.528. The molecule has 122 valence electrons. The van der Waals surface area contributed by atoms with Crippen molar-refractivity contribution in [3.05, 3.63) is 58.5 Å². The first-order valence-corrected chi connectivity index (χ1v) is 6.51. The molecule has 2 rings (SSSR count). The molecule has 0 atom stereocenters. The zero-order chi connectivity index (χ0) is 17.0. The number of hydrogen-bond donors (Lipinski definition) is 1. The number of alkyl halides is 3. The van der Waals surface area contributed by atoms with Gasteiger partial charge in [0.25, 0.3) is 5.56 Å². The second-order valence-corrected chi connectivity index (χ2v) is 4.66. The maximum absolute atomic E-state index is 12.6. The van der Waals surface area contributed by atoms with E-state index in [0.717, 1.165) is 6.07 Å². The molecule has 0 saturated heterocycles. The van der Waals surface area contributed by atoms with E-state index >= 15 is 0 Å². The molecule has 0 bridgehead atoms. The van der Waals surface area contributed by atoms with E-state index in [4.69, 9.17) is 4.74 Å². The Kier molecular flexibility index (Phi) is 4.73. The Labute approximate surface area is 129 Å². The minimum Gasteiger partial charge on any atom is -0.497 e. The third-order valence-corrected chi connectivity index (χ3v) is 2.98. The van der Waals surface area contributed by atoms with Crippen molar-refractivity contribution in [2.75, 3.05) is 12.4 Å². The van der Waals surface area contributed by atoms with Crippen molar-refractivity contribution in [3.63, 3.8) is 0 Å². The number of pyridine rings is 1. The number of amides is 1. The third kappa shape index (κ3) is 4.35. The molecule has 23 heavy (non-hydrogen) atoms. The minimum atomic E-state index is -4.58. The SMILES string of the molecule is COc1cccc(NC(=O)Cn2cc(C(F)(F)F)ccc2=O)c1. The molecule has 1 N–H and O–H groups in total. The number of carbonyl (C=O) groups is 1. The molecule has 1 amide bonds. The van der Waals surface area contributed by atoms with Crippen LogP contribution in [0.3, 0.4) is 0 Å². The van der Waals surface area contributed by atoms with Gasteiger partial charge in [-0.05, 0) is 18.2 Å². The number of anilines is 1. The first-order chi connectivity index (χ1) is 10.8. The summed E-state index contributed by atoms with van der Waals surface area (Å²) in [5, 5.41) is 2.49. The highest BCUT2D eigenvalue weighted by Gasteiger charge is 2.31. The number of halogens is 3. The lowest BCUT2D eigenvalue weighted by Gasteiger charge is -2.11. The van der Waals surface area contributed by atoms with E-state index in [1.54, 1.807) is 24.3 Å². The highest BCUT2D eigenvalue weighted by molar-refractivity contribution is 5.90. The number of rotatable bonds is 4. The largest absolute Gasteiger partial charge is 0.497 e. The van der Waals surface area contributed by atoms with Gasteiger partial charge in [-0.25, -0.2) is 0 Å². The van der Waals surface area contributed by atoms with Gasteiger partial charge in [0.05, 0.1) is 12.7 Å². The molecule has 2 aromatic rings. The van der Waals surface area contributed by atoms with Crippen LogP contribution in [-0.2, 0) is 17.5 Å². The Morgan fingerprint density at radius 3 is 2.65 bits per heavy atom. The fourth-order valence-corrected chi connectivity index (χ4v) is 1.88. The Morgan fingerprint density at radius 1 is 1.26 bits per heavy atom. The molecule has 1 heterocycles. The molecule has 8 heteroatoms. The van der Waals surface area contributed by atoms with Gasteiger partial charge in [-0.15, -0.1) is 0 Å². The zero-order valence-electron chi connectivity index (χ0n) is 12.1. The molecule has 0 aliphatic rings. The molecule has 1 aromatic carbocycles. The van der Waals surface area contributed by atoms with E-state index in [-0.39, 0.29) is 0 Å². The monoisotopic (exact) mass is 326 g/mol. The molecule has 0 radical (unpaired) electrons. The molecule has 1 aromatic heterocycles. The lowest BCUT2D eigenvalue weighted by molar-refractivity contribution is -0.138. The van der Waals surface area contributed by atoms with Gasteiger partial charge >= 0.3 is 6.18 Å². The minimum absolute atomic E-state index is 0.411. The Bertz CT molecular complexity index is 769. The summed E-state index contributed by atoms with van der Waals surface area (Å²) in [5.41, 5.74) is -1.28. The highest BCUT2D eigenvalue weighted by Crippen LogP contribution is 2.28. The van der Waals surface area contributed by atoms with Crippen LogP contribution in [0.5, 0.6) is 5.75 Å². The van der Waals surface area contributed by atoms with Crippen molar-refractivity contribution in [1.29, 1.82) is 0 Å². The summed E-state index contributed by atoms with van der Waals surface area (Å²) < 4.78 is 43.6.